The van der Waals surface area contributed by atoms with E-state index in [2.05, 4.69) is 15.3 Å². The molecular weight excluding hydrogens is 362 g/mol. The molecule has 10 heteroatoms. The van der Waals surface area contributed by atoms with Gasteiger partial charge in [-0.1, -0.05) is 0 Å². The fraction of sp³-hybridized carbons (Fsp3) is 0.294. The number of carboxylic acid groups (broad SMARTS) is 1. The second kappa shape index (κ2) is 7.52. The van der Waals surface area contributed by atoms with Crippen molar-refractivity contribution in [1.82, 2.24) is 14.9 Å². The van der Waals surface area contributed by atoms with E-state index in [0.717, 1.165) is 0 Å². The van der Waals surface area contributed by atoms with E-state index in [9.17, 15) is 18.4 Å². The van der Waals surface area contributed by atoms with Gasteiger partial charge >= 0.3 is 6.09 Å². The molecular formula is C17H16F2N4O4. The minimum Gasteiger partial charge on any atom is -0.471 e. The Balaban J connectivity index is 1.74. The van der Waals surface area contributed by atoms with E-state index < -0.39 is 19.1 Å². The number of ether oxygens (including phenoxy) is 1. The van der Waals surface area contributed by atoms with E-state index in [-0.39, 0.29) is 30.7 Å². The molecule has 0 aliphatic carbocycles. The summed E-state index contributed by atoms with van der Waals surface area (Å²) in [6.45, 7) is 1.36. The maximum Gasteiger partial charge on any atom is 0.410 e. The van der Waals surface area contributed by atoms with E-state index in [1.807, 2.05) is 0 Å². The van der Waals surface area contributed by atoms with E-state index in [4.69, 9.17) is 9.84 Å². The number of alkyl halides is 2. The average molecular weight is 378 g/mol. The highest BCUT2D eigenvalue weighted by molar-refractivity contribution is 6.00. The lowest BCUT2D eigenvalue weighted by Gasteiger charge is -2.16. The molecule has 0 unspecified atom stereocenters. The van der Waals surface area contributed by atoms with Crippen LogP contribution in [-0.4, -0.2) is 45.0 Å². The molecule has 0 saturated heterocycles. The molecule has 0 saturated carbocycles. The number of rotatable bonds is 6. The van der Waals surface area contributed by atoms with Crippen LogP contribution in [-0.2, 0) is 13.1 Å². The third kappa shape index (κ3) is 4.10. The summed E-state index contributed by atoms with van der Waals surface area (Å²) in [4.78, 5) is 33.0. The standard InChI is InChI=1S/C17H16F2N4O4/c1-9-4-10(5-21-15(9)27-8-13(18)19)6-23-7-12-11(16(23)24)2-3-20-14(12)22-17(25)26/h2-5,13H,6-8H2,1H3,(H,20,22)(H,25,26). The van der Waals surface area contributed by atoms with E-state index in [1.165, 1.54) is 23.4 Å². The van der Waals surface area contributed by atoms with E-state index in [0.29, 0.717) is 22.3 Å². The minimum absolute atomic E-state index is 0.118. The van der Waals surface area contributed by atoms with Crippen LogP contribution in [0.25, 0.3) is 0 Å². The first-order chi connectivity index (χ1) is 12.8. The van der Waals surface area contributed by atoms with Crippen LogP contribution in [0.2, 0.25) is 0 Å². The van der Waals surface area contributed by atoms with Gasteiger partial charge in [0.25, 0.3) is 12.3 Å². The van der Waals surface area contributed by atoms with E-state index in [1.54, 1.807) is 13.0 Å². The Kier molecular flexibility index (Phi) is 5.15. The summed E-state index contributed by atoms with van der Waals surface area (Å²) in [5, 5.41) is 11.1. The molecule has 2 aromatic rings. The van der Waals surface area contributed by atoms with Gasteiger partial charge in [0.1, 0.15) is 5.82 Å². The van der Waals surface area contributed by atoms with Gasteiger partial charge in [0, 0.05) is 35.6 Å². The highest BCUT2D eigenvalue weighted by Gasteiger charge is 2.30. The van der Waals surface area contributed by atoms with Gasteiger partial charge in [-0.05, 0) is 24.6 Å². The number of amides is 2. The highest BCUT2D eigenvalue weighted by Crippen LogP contribution is 2.29. The largest absolute Gasteiger partial charge is 0.471 e. The Hall–Kier alpha value is -3.30. The van der Waals surface area contributed by atoms with Gasteiger partial charge in [-0.2, -0.15) is 0 Å². The Morgan fingerprint density at radius 3 is 2.89 bits per heavy atom. The summed E-state index contributed by atoms with van der Waals surface area (Å²) < 4.78 is 29.4. The predicted molar refractivity (Wildman–Crippen MR) is 89.9 cm³/mol. The number of nitrogens with one attached hydrogen (secondary N) is 1. The number of aromatic nitrogens is 2. The maximum atomic E-state index is 12.6. The number of pyridine rings is 2. The highest BCUT2D eigenvalue weighted by atomic mass is 19.3. The second-order valence-corrected chi connectivity index (χ2v) is 5.94. The summed E-state index contributed by atoms with van der Waals surface area (Å²) in [5.41, 5.74) is 2.16. The number of fused-ring (bicyclic) bond motifs is 1. The Bertz CT molecular complexity index is 891. The van der Waals surface area contributed by atoms with Crippen LogP contribution in [0.1, 0.15) is 27.0 Å². The number of anilines is 1. The molecule has 1 aliphatic heterocycles. The summed E-state index contributed by atoms with van der Waals surface area (Å²) in [5.74, 6) is -0.00958. The van der Waals surface area contributed by atoms with Crippen LogP contribution >= 0.6 is 0 Å². The van der Waals surface area contributed by atoms with Crippen molar-refractivity contribution < 1.29 is 28.2 Å². The molecule has 2 N–H and O–H groups in total. The SMILES string of the molecule is Cc1cc(CN2Cc3c(ccnc3NC(=O)O)C2=O)cnc1OCC(F)F. The van der Waals surface area contributed by atoms with Gasteiger partial charge < -0.3 is 14.7 Å². The van der Waals surface area contributed by atoms with Crippen LogP contribution in [0.3, 0.4) is 0 Å². The summed E-state index contributed by atoms with van der Waals surface area (Å²) in [6, 6.07) is 3.24. The molecule has 27 heavy (non-hydrogen) atoms. The molecule has 2 amide bonds. The zero-order chi connectivity index (χ0) is 19.6. The van der Waals surface area contributed by atoms with Crippen LogP contribution in [0.5, 0.6) is 5.88 Å². The van der Waals surface area contributed by atoms with Gasteiger partial charge in [0.2, 0.25) is 5.88 Å². The molecule has 2 aromatic heterocycles. The van der Waals surface area contributed by atoms with Crippen molar-refractivity contribution in [2.45, 2.75) is 26.4 Å². The predicted octanol–water partition coefficient (Wildman–Crippen LogP) is 2.67. The first-order valence-corrected chi connectivity index (χ1v) is 7.98. The van der Waals surface area contributed by atoms with Crippen molar-refractivity contribution >= 4 is 17.8 Å². The van der Waals surface area contributed by atoms with Crippen molar-refractivity contribution in [3.63, 3.8) is 0 Å². The first-order valence-electron chi connectivity index (χ1n) is 7.98. The number of halogens is 2. The Morgan fingerprint density at radius 1 is 1.44 bits per heavy atom. The van der Waals surface area contributed by atoms with Gasteiger partial charge in [0.15, 0.2) is 6.61 Å². The number of hydrogen-bond donors (Lipinski definition) is 2. The number of hydrogen-bond acceptors (Lipinski definition) is 5. The molecule has 0 radical (unpaired) electrons. The van der Waals surface area contributed by atoms with Gasteiger partial charge in [-0.15, -0.1) is 0 Å². The molecule has 0 spiro atoms. The van der Waals surface area contributed by atoms with Crippen LogP contribution in [0, 0.1) is 6.92 Å². The van der Waals surface area contributed by atoms with Crippen molar-refractivity contribution in [3.05, 3.63) is 46.8 Å². The number of aryl methyl sites for hydroxylation is 1. The topological polar surface area (TPSA) is 105 Å². The molecule has 8 nitrogen and oxygen atoms in total. The normalized spacial score (nSPS) is 13.0. The molecule has 3 rings (SSSR count). The lowest BCUT2D eigenvalue weighted by atomic mass is 10.1. The van der Waals surface area contributed by atoms with Crippen LogP contribution in [0.4, 0.5) is 19.4 Å². The van der Waals surface area contributed by atoms with Gasteiger partial charge in [-0.25, -0.2) is 23.5 Å². The van der Waals surface area contributed by atoms with Crippen molar-refractivity contribution in [2.24, 2.45) is 0 Å². The fourth-order valence-corrected chi connectivity index (χ4v) is 2.84. The average Bonchev–Trinajstić information content (AvgIpc) is 2.91. The molecule has 3 heterocycles. The Morgan fingerprint density at radius 2 is 2.22 bits per heavy atom. The van der Waals surface area contributed by atoms with Crippen molar-refractivity contribution in [3.8, 4) is 5.88 Å². The molecule has 0 atom stereocenters. The quantitative estimate of drug-likeness (QED) is 0.801. The molecule has 0 fully saturated rings. The number of carbonyl (C=O) groups excluding carboxylic acids is 1. The molecule has 0 bridgehead atoms. The lowest BCUT2D eigenvalue weighted by Crippen LogP contribution is -2.23. The van der Waals surface area contributed by atoms with Gasteiger partial charge in [-0.3, -0.25) is 10.1 Å². The molecule has 0 aromatic carbocycles. The third-order valence-corrected chi connectivity index (χ3v) is 3.95. The fourth-order valence-electron chi connectivity index (χ4n) is 2.84. The zero-order valence-corrected chi connectivity index (χ0v) is 14.3. The monoisotopic (exact) mass is 378 g/mol. The van der Waals surface area contributed by atoms with Gasteiger partial charge in [0.05, 0.1) is 6.54 Å². The number of carbonyl (C=O) groups is 2. The summed E-state index contributed by atoms with van der Waals surface area (Å²) in [7, 11) is 0. The van der Waals surface area contributed by atoms with Crippen molar-refractivity contribution in [1.29, 1.82) is 0 Å². The smallest absolute Gasteiger partial charge is 0.410 e. The zero-order valence-electron chi connectivity index (χ0n) is 14.3. The van der Waals surface area contributed by atoms with Crippen LogP contribution in [0.15, 0.2) is 24.5 Å². The first kappa shape index (κ1) is 18.5. The summed E-state index contributed by atoms with van der Waals surface area (Å²) in [6.07, 6.45) is -1.03. The third-order valence-electron chi connectivity index (χ3n) is 3.95. The second-order valence-electron chi connectivity index (χ2n) is 5.94. The van der Waals surface area contributed by atoms with E-state index >= 15 is 0 Å². The molecule has 1 aliphatic rings. The number of nitrogens with zero attached hydrogens (tertiary/aromatic N) is 3. The summed E-state index contributed by atoms with van der Waals surface area (Å²) >= 11 is 0. The molecule has 142 valence electrons. The Labute approximate surface area is 152 Å². The van der Waals surface area contributed by atoms with Crippen molar-refractivity contribution in [2.75, 3.05) is 11.9 Å². The maximum absolute atomic E-state index is 12.6. The lowest BCUT2D eigenvalue weighted by molar-refractivity contribution is 0.0762. The minimum atomic E-state index is -2.59. The van der Waals surface area contributed by atoms with Crippen LogP contribution < -0.4 is 10.1 Å².